The molecule has 3 rings (SSSR count). The molecule has 3 heterocycles. The Morgan fingerprint density at radius 1 is 1.10 bits per heavy atom. The molecular formula is C21H36N6OS. The number of nitrogens with one attached hydrogen (secondary N) is 2. The zero-order valence-electron chi connectivity index (χ0n) is 18.1. The van der Waals surface area contributed by atoms with Gasteiger partial charge in [-0.1, -0.05) is 13.8 Å². The molecule has 0 aromatic carbocycles. The lowest BCUT2D eigenvalue weighted by Gasteiger charge is -2.34. The SMILES string of the molecule is COCCCNC(=S)Nc1nc(N2CCC(C)CC2)cc(N2CCC[C@H](C)C2)n1. The third kappa shape index (κ3) is 6.67. The largest absolute Gasteiger partial charge is 0.385 e. The van der Waals surface area contributed by atoms with E-state index in [4.69, 9.17) is 26.9 Å². The van der Waals surface area contributed by atoms with Crippen molar-refractivity contribution in [3.8, 4) is 0 Å². The lowest BCUT2D eigenvalue weighted by molar-refractivity contribution is 0.196. The first kappa shape index (κ1) is 22.0. The Morgan fingerprint density at radius 2 is 1.83 bits per heavy atom. The maximum Gasteiger partial charge on any atom is 0.232 e. The molecule has 2 N–H and O–H groups in total. The Hall–Kier alpha value is -1.67. The molecule has 8 heteroatoms. The first-order valence-corrected chi connectivity index (χ1v) is 11.4. The minimum Gasteiger partial charge on any atom is -0.385 e. The number of aromatic nitrogens is 2. The maximum absolute atomic E-state index is 5.45. The highest BCUT2D eigenvalue weighted by Gasteiger charge is 2.22. The number of ether oxygens (including phenoxy) is 1. The Balaban J connectivity index is 1.74. The predicted octanol–water partition coefficient (Wildman–Crippen LogP) is 3.27. The van der Waals surface area contributed by atoms with Crippen molar-refractivity contribution in [1.82, 2.24) is 15.3 Å². The summed E-state index contributed by atoms with van der Waals surface area (Å²) in [7, 11) is 1.71. The summed E-state index contributed by atoms with van der Waals surface area (Å²) in [5, 5.41) is 6.97. The van der Waals surface area contributed by atoms with E-state index in [2.05, 4.69) is 40.3 Å². The summed E-state index contributed by atoms with van der Waals surface area (Å²) in [4.78, 5) is 14.4. The van der Waals surface area contributed by atoms with E-state index in [9.17, 15) is 0 Å². The molecule has 2 saturated heterocycles. The highest BCUT2D eigenvalue weighted by Crippen LogP contribution is 2.28. The molecule has 1 atom stereocenters. The summed E-state index contributed by atoms with van der Waals surface area (Å²) >= 11 is 5.45. The fourth-order valence-electron chi connectivity index (χ4n) is 4.00. The van der Waals surface area contributed by atoms with Gasteiger partial charge in [-0.15, -0.1) is 0 Å². The third-order valence-electron chi connectivity index (χ3n) is 5.82. The molecule has 0 saturated carbocycles. The molecule has 0 unspecified atom stereocenters. The Morgan fingerprint density at radius 3 is 2.52 bits per heavy atom. The number of thiocarbonyl (C=S) groups is 1. The molecular weight excluding hydrogens is 384 g/mol. The fourth-order valence-corrected chi connectivity index (χ4v) is 4.19. The zero-order chi connectivity index (χ0) is 20.6. The van der Waals surface area contributed by atoms with Gasteiger partial charge in [0.1, 0.15) is 11.6 Å². The second kappa shape index (κ2) is 10.9. The van der Waals surface area contributed by atoms with Crippen LogP contribution in [-0.2, 0) is 4.74 Å². The van der Waals surface area contributed by atoms with Crippen LogP contribution in [0, 0.1) is 11.8 Å². The molecule has 7 nitrogen and oxygen atoms in total. The second-order valence-corrected chi connectivity index (χ2v) is 8.91. The van der Waals surface area contributed by atoms with Crippen LogP contribution < -0.4 is 20.4 Å². The van der Waals surface area contributed by atoms with Gasteiger partial charge in [0.05, 0.1) is 0 Å². The van der Waals surface area contributed by atoms with Crippen molar-refractivity contribution in [2.45, 2.75) is 46.0 Å². The van der Waals surface area contributed by atoms with Crippen molar-refractivity contribution in [3.63, 3.8) is 0 Å². The number of anilines is 3. The molecule has 0 radical (unpaired) electrons. The van der Waals surface area contributed by atoms with Gasteiger partial charge in [-0.3, -0.25) is 0 Å². The molecule has 2 fully saturated rings. The number of nitrogens with zero attached hydrogens (tertiary/aromatic N) is 4. The van der Waals surface area contributed by atoms with Crippen LogP contribution in [-0.4, -0.2) is 61.5 Å². The number of hydrogen-bond donors (Lipinski definition) is 2. The maximum atomic E-state index is 5.45. The highest BCUT2D eigenvalue weighted by atomic mass is 32.1. The van der Waals surface area contributed by atoms with Crippen molar-refractivity contribution in [1.29, 1.82) is 0 Å². The number of rotatable bonds is 7. The van der Waals surface area contributed by atoms with E-state index in [1.54, 1.807) is 7.11 Å². The van der Waals surface area contributed by atoms with Crippen molar-refractivity contribution in [3.05, 3.63) is 6.07 Å². The smallest absolute Gasteiger partial charge is 0.232 e. The van der Waals surface area contributed by atoms with Crippen LogP contribution in [0.2, 0.25) is 0 Å². The fraction of sp³-hybridized carbons (Fsp3) is 0.762. The number of hydrogen-bond acceptors (Lipinski definition) is 6. The monoisotopic (exact) mass is 420 g/mol. The number of piperidine rings is 2. The van der Waals surface area contributed by atoms with E-state index < -0.39 is 0 Å². The topological polar surface area (TPSA) is 65.6 Å². The van der Waals surface area contributed by atoms with Crippen molar-refractivity contribution in [2.75, 3.05) is 61.6 Å². The van der Waals surface area contributed by atoms with Crippen LogP contribution >= 0.6 is 12.2 Å². The van der Waals surface area contributed by atoms with Crippen LogP contribution in [0.5, 0.6) is 0 Å². The van der Waals surface area contributed by atoms with E-state index in [1.807, 2.05) is 0 Å². The van der Waals surface area contributed by atoms with Crippen molar-refractivity contribution in [2.24, 2.45) is 11.8 Å². The average Bonchev–Trinajstić information content (AvgIpc) is 2.71. The third-order valence-corrected chi connectivity index (χ3v) is 6.07. The number of methoxy groups -OCH3 is 1. The summed E-state index contributed by atoms with van der Waals surface area (Å²) in [6.07, 6.45) is 5.83. The molecule has 29 heavy (non-hydrogen) atoms. The Bertz CT molecular complexity index is 665. The van der Waals surface area contributed by atoms with Gasteiger partial charge in [0.2, 0.25) is 5.95 Å². The average molecular weight is 421 g/mol. The molecule has 1 aromatic rings. The van der Waals surface area contributed by atoms with E-state index in [-0.39, 0.29) is 0 Å². The standard InChI is InChI=1S/C21H36N6OS/c1-16-7-11-26(12-8-16)18-14-19(27-10-4-6-17(2)15-27)24-20(23-18)25-21(29)22-9-5-13-28-3/h14,16-17H,4-13,15H2,1-3H3,(H2,22,23,24,25,29)/t17-/m0/s1. The van der Waals surface area contributed by atoms with Crippen LogP contribution in [0.15, 0.2) is 6.07 Å². The summed E-state index contributed by atoms with van der Waals surface area (Å²) in [5.74, 6) is 4.07. The molecule has 0 spiro atoms. The van der Waals surface area contributed by atoms with Gasteiger partial charge in [0, 0.05) is 52.5 Å². The normalized spacial score (nSPS) is 20.6. The van der Waals surface area contributed by atoms with Crippen LogP contribution in [0.3, 0.4) is 0 Å². The quantitative estimate of drug-likeness (QED) is 0.515. The lowest BCUT2D eigenvalue weighted by atomic mass is 9.99. The minimum absolute atomic E-state index is 0.559. The van der Waals surface area contributed by atoms with Gasteiger partial charge in [-0.05, 0) is 56.2 Å². The summed E-state index contributed by atoms with van der Waals surface area (Å²) in [6, 6.07) is 2.16. The highest BCUT2D eigenvalue weighted by molar-refractivity contribution is 7.80. The molecule has 162 valence electrons. The molecule has 1 aromatic heterocycles. The zero-order valence-corrected chi connectivity index (χ0v) is 18.9. The van der Waals surface area contributed by atoms with E-state index >= 15 is 0 Å². The Labute approximate surface area is 180 Å². The minimum atomic E-state index is 0.559. The van der Waals surface area contributed by atoms with Gasteiger partial charge in [0.25, 0.3) is 0 Å². The van der Waals surface area contributed by atoms with Crippen molar-refractivity contribution < 1.29 is 4.74 Å². The van der Waals surface area contributed by atoms with Gasteiger partial charge in [-0.2, -0.15) is 9.97 Å². The Kier molecular flexibility index (Phi) is 8.29. The second-order valence-electron chi connectivity index (χ2n) is 8.50. The van der Waals surface area contributed by atoms with E-state index in [0.717, 1.165) is 56.7 Å². The van der Waals surface area contributed by atoms with Gasteiger partial charge in [-0.25, -0.2) is 0 Å². The van der Waals surface area contributed by atoms with Crippen LogP contribution in [0.25, 0.3) is 0 Å². The molecule has 2 aliphatic heterocycles. The van der Waals surface area contributed by atoms with Crippen LogP contribution in [0.1, 0.15) is 46.0 Å². The molecule has 0 bridgehead atoms. The lowest BCUT2D eigenvalue weighted by Crippen LogP contribution is -2.37. The van der Waals surface area contributed by atoms with Gasteiger partial charge in [0.15, 0.2) is 5.11 Å². The first-order valence-electron chi connectivity index (χ1n) is 11.0. The van der Waals surface area contributed by atoms with Crippen LogP contribution in [0.4, 0.5) is 17.6 Å². The summed E-state index contributed by atoms with van der Waals surface area (Å²) < 4.78 is 5.08. The molecule has 2 aliphatic rings. The van der Waals surface area contributed by atoms with Gasteiger partial charge >= 0.3 is 0 Å². The van der Waals surface area contributed by atoms with E-state index in [0.29, 0.717) is 23.6 Å². The van der Waals surface area contributed by atoms with E-state index in [1.165, 1.54) is 25.7 Å². The van der Waals surface area contributed by atoms with Crippen molar-refractivity contribution >= 4 is 34.9 Å². The first-order chi connectivity index (χ1) is 14.0. The summed E-state index contributed by atoms with van der Waals surface area (Å²) in [5.41, 5.74) is 0. The van der Waals surface area contributed by atoms with Gasteiger partial charge < -0.3 is 25.2 Å². The molecule has 0 amide bonds. The predicted molar refractivity (Wildman–Crippen MR) is 124 cm³/mol. The molecule has 0 aliphatic carbocycles. The summed E-state index contributed by atoms with van der Waals surface area (Å²) in [6.45, 7) is 10.3.